The maximum Gasteiger partial charge on any atom is 0.246 e. The fourth-order valence-corrected chi connectivity index (χ4v) is 8.84. The first-order valence-electron chi connectivity index (χ1n) is 24.6. The van der Waals surface area contributed by atoms with Gasteiger partial charge in [0.1, 0.15) is 24.2 Å². The van der Waals surface area contributed by atoms with E-state index in [1.807, 2.05) is 50.3 Å². The molecule has 1 saturated heterocycles. The summed E-state index contributed by atoms with van der Waals surface area (Å²) in [5.41, 5.74) is 10.4. The second-order valence-corrected chi connectivity index (χ2v) is 19.4. The maximum atomic E-state index is 14.7. The van der Waals surface area contributed by atoms with Crippen molar-refractivity contribution in [3.05, 3.63) is 72.4 Å². The number of primary amides is 1. The van der Waals surface area contributed by atoms with Crippen molar-refractivity contribution in [2.24, 2.45) is 29.2 Å². The van der Waals surface area contributed by atoms with Crippen molar-refractivity contribution < 1.29 is 38.4 Å². The van der Waals surface area contributed by atoms with E-state index >= 15 is 0 Å². The first-order chi connectivity index (χ1) is 32.1. The van der Waals surface area contributed by atoms with Gasteiger partial charge in [0.2, 0.25) is 35.4 Å². The molecule has 1 aliphatic heterocycles. The minimum Gasteiger partial charge on any atom is -0.370 e. The average molecular weight is 946 g/mol. The average Bonchev–Trinajstić information content (AvgIpc) is 3.80. The number of ketones is 1. The molecule has 68 heavy (non-hydrogen) atoms. The van der Waals surface area contributed by atoms with Crippen LogP contribution >= 0.6 is 0 Å². The lowest BCUT2D eigenvalue weighted by atomic mass is 9.88. The van der Waals surface area contributed by atoms with Crippen molar-refractivity contribution >= 4 is 47.5 Å². The second-order valence-electron chi connectivity index (χ2n) is 19.4. The third-order valence-electron chi connectivity index (χ3n) is 13.1. The predicted octanol–water partition coefficient (Wildman–Crippen LogP) is 5.65. The van der Waals surface area contributed by atoms with E-state index in [0.717, 1.165) is 48.6 Å². The lowest BCUT2D eigenvalue weighted by Gasteiger charge is -2.42. The van der Waals surface area contributed by atoms with Crippen molar-refractivity contribution in [2.45, 2.75) is 161 Å². The minimum absolute atomic E-state index is 0.151. The molecule has 1 aromatic rings. The lowest BCUT2D eigenvalue weighted by molar-refractivity contribution is -0.158. The van der Waals surface area contributed by atoms with Crippen LogP contribution in [0.3, 0.4) is 0 Å². The number of hydrogen-bond acceptors (Lipinski definition) is 9. The van der Waals surface area contributed by atoms with Crippen LogP contribution in [0.1, 0.15) is 125 Å². The molecule has 1 heterocycles. The highest BCUT2D eigenvalue weighted by Gasteiger charge is 2.50. The Morgan fingerprint density at radius 1 is 0.735 bits per heavy atom. The first-order valence-corrected chi connectivity index (χ1v) is 24.6. The molecule has 1 aliphatic rings. The standard InChI is InChI=1S/C53H83N7O8/c1-12-13-14-15-16-17-18-19-20-21-22-23-27-32-43(62)53(36-61,35-44(54)63)59(11)49(65)41-31-28-33-60(41)52(68)47(39(6)7)58(10)51(67)46(38(4)5)57(9)48(64)42(34-40-29-25-24-26-30-40)56(8)50(66)45(55)37(2)3/h16-17,22-27,29-30,32,36-39,41-42,45-47H,12-15,18-21,28,31,33-35,55H2,1-11H3,(H2,54,63)/t41-,42-,45-,46-,47-,53-/m0/s1. The maximum absolute atomic E-state index is 14.7. The van der Waals surface area contributed by atoms with Gasteiger partial charge >= 0.3 is 0 Å². The normalized spacial score (nSPS) is 16.8. The Kier molecular flexibility index (Phi) is 24.8. The number of nitrogens with two attached hydrogens (primary N) is 2. The molecule has 0 radical (unpaired) electrons. The summed E-state index contributed by atoms with van der Waals surface area (Å²) < 4.78 is 0. The first kappa shape index (κ1) is 58.7. The summed E-state index contributed by atoms with van der Waals surface area (Å²) in [6, 6.07) is 4.10. The molecule has 0 unspecified atom stereocenters. The van der Waals surface area contributed by atoms with Gasteiger partial charge in [-0.15, -0.1) is 0 Å². The quantitative estimate of drug-likeness (QED) is 0.0254. The molecule has 6 atom stereocenters. The lowest BCUT2D eigenvalue weighted by Crippen LogP contribution is -2.63. The number of benzene rings is 1. The van der Waals surface area contributed by atoms with Gasteiger partial charge in [0.05, 0.1) is 12.5 Å². The van der Waals surface area contributed by atoms with Crippen LogP contribution in [0, 0.1) is 17.8 Å². The second kappa shape index (κ2) is 28.8. The number of amides is 6. The van der Waals surface area contributed by atoms with E-state index in [1.165, 1.54) is 73.1 Å². The number of likely N-dealkylation sites (N-methyl/N-ethyl adjacent to an activating group) is 4. The largest absolute Gasteiger partial charge is 0.370 e. The van der Waals surface area contributed by atoms with Gasteiger partial charge in [-0.25, -0.2) is 0 Å². The zero-order valence-corrected chi connectivity index (χ0v) is 42.9. The van der Waals surface area contributed by atoms with Crippen LogP contribution in [0.5, 0.6) is 0 Å². The van der Waals surface area contributed by atoms with Gasteiger partial charge in [0, 0.05) is 41.2 Å². The minimum atomic E-state index is -2.27. The SMILES string of the molecule is CCCCCC=CCCCCC=CC=CC(=O)[C@@](C=O)(CC(N)=O)N(C)C(=O)[C@@H]1CCCN1C(=O)[C@H](C(C)C)N(C)C(=O)[C@H](C(C)C)N(C)C(=O)[C@H](Cc1ccccc1)N(C)C(=O)[C@@H](N)C(C)C. The van der Waals surface area contributed by atoms with Gasteiger partial charge in [-0.2, -0.15) is 0 Å². The topological polar surface area (TPSA) is 205 Å². The highest BCUT2D eigenvalue weighted by molar-refractivity contribution is 6.14. The predicted molar refractivity (Wildman–Crippen MR) is 267 cm³/mol. The van der Waals surface area contributed by atoms with Crippen LogP contribution in [0.25, 0.3) is 0 Å². The van der Waals surface area contributed by atoms with E-state index in [-0.39, 0.29) is 31.6 Å². The smallest absolute Gasteiger partial charge is 0.246 e. The molecule has 15 heteroatoms. The van der Waals surface area contributed by atoms with E-state index in [2.05, 4.69) is 19.1 Å². The van der Waals surface area contributed by atoms with E-state index in [1.54, 1.807) is 33.8 Å². The Morgan fingerprint density at radius 2 is 1.29 bits per heavy atom. The number of aldehydes is 1. The van der Waals surface area contributed by atoms with Crippen LogP contribution in [0.4, 0.5) is 0 Å². The summed E-state index contributed by atoms with van der Waals surface area (Å²) >= 11 is 0. The molecule has 6 amide bonds. The highest BCUT2D eigenvalue weighted by atomic mass is 16.2. The fourth-order valence-electron chi connectivity index (χ4n) is 8.84. The van der Waals surface area contributed by atoms with Crippen LogP contribution in [-0.4, -0.2) is 142 Å². The Hall–Kier alpha value is -5.44. The Bertz CT molecular complexity index is 1930. The van der Waals surface area contributed by atoms with Gasteiger partial charge in [-0.05, 0) is 80.8 Å². The van der Waals surface area contributed by atoms with Crippen molar-refractivity contribution in [1.82, 2.24) is 24.5 Å². The number of nitrogens with zero attached hydrogens (tertiary/aromatic N) is 5. The number of likely N-dealkylation sites (tertiary alicyclic amines) is 1. The summed E-state index contributed by atoms with van der Waals surface area (Å²) in [5, 5.41) is 0. The fraction of sp³-hybridized carbons (Fsp3) is 0.623. The molecule has 0 spiro atoms. The summed E-state index contributed by atoms with van der Waals surface area (Å²) in [4.78, 5) is 117. The monoisotopic (exact) mass is 946 g/mol. The molecular formula is C53H83N7O8. The molecule has 0 saturated carbocycles. The van der Waals surface area contributed by atoms with Crippen molar-refractivity contribution in [3.63, 3.8) is 0 Å². The van der Waals surface area contributed by atoms with Gasteiger partial charge < -0.3 is 40.8 Å². The third kappa shape index (κ3) is 16.1. The van der Waals surface area contributed by atoms with E-state index in [4.69, 9.17) is 11.5 Å². The van der Waals surface area contributed by atoms with Gasteiger partial charge in [0.25, 0.3) is 0 Å². The molecule has 378 valence electrons. The molecule has 1 fully saturated rings. The molecule has 1 aromatic carbocycles. The van der Waals surface area contributed by atoms with Crippen LogP contribution < -0.4 is 11.5 Å². The van der Waals surface area contributed by atoms with Crippen LogP contribution in [0.15, 0.2) is 66.8 Å². The van der Waals surface area contributed by atoms with Gasteiger partial charge in [0.15, 0.2) is 17.6 Å². The van der Waals surface area contributed by atoms with E-state index in [9.17, 15) is 38.4 Å². The number of unbranched alkanes of at least 4 members (excludes halogenated alkanes) is 6. The molecule has 4 N–H and O–H groups in total. The Labute approximate surface area is 406 Å². The summed E-state index contributed by atoms with van der Waals surface area (Å²) in [6.45, 7) is 13.1. The van der Waals surface area contributed by atoms with Crippen molar-refractivity contribution in [1.29, 1.82) is 0 Å². The van der Waals surface area contributed by atoms with Crippen molar-refractivity contribution in [3.8, 4) is 0 Å². The van der Waals surface area contributed by atoms with Crippen molar-refractivity contribution in [2.75, 3.05) is 34.7 Å². The van der Waals surface area contributed by atoms with Crippen LogP contribution in [-0.2, 0) is 44.8 Å². The molecule has 15 nitrogen and oxygen atoms in total. The van der Waals surface area contributed by atoms with Crippen LogP contribution in [0.2, 0.25) is 0 Å². The summed E-state index contributed by atoms with van der Waals surface area (Å²) in [6.07, 6.45) is 19.4. The zero-order valence-electron chi connectivity index (χ0n) is 42.9. The van der Waals surface area contributed by atoms with E-state index in [0.29, 0.717) is 6.42 Å². The Balaban J connectivity index is 2.37. The number of allylic oxidation sites excluding steroid dienone is 5. The van der Waals surface area contributed by atoms with E-state index < -0.39 is 95.2 Å². The molecule has 0 bridgehead atoms. The number of carbonyl (C=O) groups excluding carboxylic acids is 8. The summed E-state index contributed by atoms with van der Waals surface area (Å²) in [7, 11) is 5.80. The number of carbonyl (C=O) groups is 8. The zero-order chi connectivity index (χ0) is 51.3. The molecule has 0 aliphatic carbocycles. The third-order valence-corrected chi connectivity index (χ3v) is 13.1. The highest BCUT2D eigenvalue weighted by Crippen LogP contribution is 2.29. The molecular weight excluding hydrogens is 863 g/mol. The molecule has 2 rings (SSSR count). The van der Waals surface area contributed by atoms with Gasteiger partial charge in [-0.1, -0.05) is 122 Å². The molecule has 0 aromatic heterocycles. The summed E-state index contributed by atoms with van der Waals surface area (Å²) in [5.74, 6) is -5.56. The number of hydrogen-bond donors (Lipinski definition) is 2. The number of rotatable bonds is 29. The Morgan fingerprint density at radius 3 is 1.82 bits per heavy atom. The van der Waals surface area contributed by atoms with Gasteiger partial charge in [-0.3, -0.25) is 33.6 Å².